The van der Waals surface area contributed by atoms with Gasteiger partial charge in [0, 0.05) is 17.3 Å². The molecule has 0 amide bonds. The number of esters is 1. The van der Waals surface area contributed by atoms with E-state index in [1.54, 1.807) is 23.5 Å². The summed E-state index contributed by atoms with van der Waals surface area (Å²) in [6, 6.07) is 0. The van der Waals surface area contributed by atoms with E-state index in [9.17, 15) is 9.59 Å². The number of hydrogen-bond acceptors (Lipinski definition) is 5. The number of carbonyl (C=O) groups is 2. The van der Waals surface area contributed by atoms with Crippen molar-refractivity contribution >= 4 is 35.3 Å². The van der Waals surface area contributed by atoms with E-state index in [1.165, 1.54) is 7.11 Å². The van der Waals surface area contributed by atoms with Gasteiger partial charge in [-0.3, -0.25) is 9.59 Å². The molecule has 1 fully saturated rings. The quantitative estimate of drug-likeness (QED) is 0.571. The molecule has 0 bridgehead atoms. The Morgan fingerprint density at radius 2 is 2.00 bits per heavy atom. The average molecular weight is 262 g/mol. The Morgan fingerprint density at radius 1 is 1.31 bits per heavy atom. The summed E-state index contributed by atoms with van der Waals surface area (Å²) in [7, 11) is 1.34. The van der Waals surface area contributed by atoms with Crippen LogP contribution in [-0.4, -0.2) is 41.4 Å². The Balaban J connectivity index is 2.69. The maximum absolute atomic E-state index is 12.2. The van der Waals surface area contributed by atoms with Gasteiger partial charge in [-0.25, -0.2) is 0 Å². The fraction of sp³-hybridized carbons (Fsp3) is 0.818. The van der Waals surface area contributed by atoms with Crippen LogP contribution in [0, 0.1) is 11.8 Å². The Labute approximate surface area is 105 Å². The van der Waals surface area contributed by atoms with E-state index in [0.29, 0.717) is 0 Å². The summed E-state index contributed by atoms with van der Waals surface area (Å²) in [5.41, 5.74) is 0. The van der Waals surface area contributed by atoms with Crippen LogP contribution >= 0.6 is 23.5 Å². The van der Waals surface area contributed by atoms with Crippen LogP contribution in [0.15, 0.2) is 0 Å². The molecule has 1 aliphatic rings. The highest BCUT2D eigenvalue weighted by Crippen LogP contribution is 2.29. The van der Waals surface area contributed by atoms with E-state index < -0.39 is 11.9 Å². The number of ketones is 1. The van der Waals surface area contributed by atoms with E-state index in [1.807, 2.05) is 13.8 Å². The van der Waals surface area contributed by atoms with Gasteiger partial charge in [0.15, 0.2) is 5.78 Å². The lowest BCUT2D eigenvalue weighted by atomic mass is 9.90. The smallest absolute Gasteiger partial charge is 0.316 e. The van der Waals surface area contributed by atoms with Crippen LogP contribution in [0.25, 0.3) is 0 Å². The van der Waals surface area contributed by atoms with Gasteiger partial charge in [0.05, 0.1) is 12.4 Å². The molecule has 2 unspecified atom stereocenters. The third-order valence-corrected chi connectivity index (χ3v) is 5.33. The molecule has 1 aliphatic heterocycles. The summed E-state index contributed by atoms with van der Waals surface area (Å²) in [4.78, 5) is 23.8. The Bertz CT molecular complexity index is 260. The van der Waals surface area contributed by atoms with Gasteiger partial charge in [-0.1, -0.05) is 13.8 Å². The minimum atomic E-state index is -0.596. The summed E-state index contributed by atoms with van der Waals surface area (Å²) >= 11 is 3.45. The maximum atomic E-state index is 12.2. The van der Waals surface area contributed by atoms with E-state index in [-0.39, 0.29) is 17.0 Å². The first-order valence-corrected chi connectivity index (χ1v) is 7.59. The highest BCUT2D eigenvalue weighted by atomic mass is 32.2. The predicted molar refractivity (Wildman–Crippen MR) is 68.9 cm³/mol. The van der Waals surface area contributed by atoms with E-state index in [2.05, 4.69) is 0 Å². The third kappa shape index (κ3) is 3.42. The highest BCUT2D eigenvalue weighted by Gasteiger charge is 2.36. The largest absolute Gasteiger partial charge is 0.468 e. The summed E-state index contributed by atoms with van der Waals surface area (Å²) in [6.45, 7) is 3.78. The van der Waals surface area contributed by atoms with Crippen molar-refractivity contribution in [2.24, 2.45) is 11.8 Å². The standard InChI is InChI=1S/C11H18O3S2/c1-7(2)9(11(13)14-3)10(12)8-6-15-4-5-16-8/h7-9H,4-6H2,1-3H3. The first-order chi connectivity index (χ1) is 7.57. The number of methoxy groups -OCH3 is 1. The molecule has 0 aliphatic carbocycles. The molecule has 0 aromatic carbocycles. The third-order valence-electron chi connectivity index (χ3n) is 2.56. The Hall–Kier alpha value is -0.160. The molecule has 0 aromatic heterocycles. The average Bonchev–Trinajstić information content (AvgIpc) is 2.29. The first kappa shape index (κ1) is 13.9. The molecule has 5 heteroatoms. The second-order valence-corrected chi connectivity index (χ2v) is 6.54. The van der Waals surface area contributed by atoms with E-state index >= 15 is 0 Å². The Morgan fingerprint density at radius 3 is 2.44 bits per heavy atom. The van der Waals surface area contributed by atoms with Crippen LogP contribution in [0.4, 0.5) is 0 Å². The van der Waals surface area contributed by atoms with Crippen molar-refractivity contribution in [2.45, 2.75) is 19.1 Å². The number of ether oxygens (including phenoxy) is 1. The van der Waals surface area contributed by atoms with Gasteiger partial charge in [-0.2, -0.15) is 11.8 Å². The van der Waals surface area contributed by atoms with Crippen molar-refractivity contribution in [1.29, 1.82) is 0 Å². The lowest BCUT2D eigenvalue weighted by molar-refractivity contribution is -0.151. The van der Waals surface area contributed by atoms with Crippen LogP contribution in [0.5, 0.6) is 0 Å². The number of rotatable bonds is 4. The minimum Gasteiger partial charge on any atom is -0.468 e. The lowest BCUT2D eigenvalue weighted by Crippen LogP contribution is -2.38. The van der Waals surface area contributed by atoms with Gasteiger partial charge in [-0.05, 0) is 5.92 Å². The van der Waals surface area contributed by atoms with Crippen molar-refractivity contribution in [3.8, 4) is 0 Å². The molecule has 0 radical (unpaired) electrons. The minimum absolute atomic E-state index is 0.00692. The zero-order chi connectivity index (χ0) is 12.1. The van der Waals surface area contributed by atoms with Crippen molar-refractivity contribution in [3.05, 3.63) is 0 Å². The fourth-order valence-corrected chi connectivity index (χ4v) is 4.37. The number of Topliss-reactive ketones (excluding diaryl/α,β-unsaturated/α-hetero) is 1. The molecule has 1 rings (SSSR count). The molecule has 1 heterocycles. The molecule has 2 atom stereocenters. The van der Waals surface area contributed by atoms with Crippen molar-refractivity contribution < 1.29 is 14.3 Å². The van der Waals surface area contributed by atoms with Gasteiger partial charge in [-0.15, -0.1) is 11.8 Å². The molecule has 92 valence electrons. The molecular formula is C11H18O3S2. The highest BCUT2D eigenvalue weighted by molar-refractivity contribution is 8.07. The lowest BCUT2D eigenvalue weighted by Gasteiger charge is -2.25. The zero-order valence-corrected chi connectivity index (χ0v) is 11.5. The Kier molecular flexibility index (Phi) is 5.69. The normalized spacial score (nSPS) is 22.9. The van der Waals surface area contributed by atoms with Crippen molar-refractivity contribution in [1.82, 2.24) is 0 Å². The van der Waals surface area contributed by atoms with E-state index in [0.717, 1.165) is 17.3 Å². The number of carbonyl (C=O) groups excluding carboxylic acids is 2. The van der Waals surface area contributed by atoms with Gasteiger partial charge in [0.2, 0.25) is 0 Å². The number of thioether (sulfide) groups is 2. The van der Waals surface area contributed by atoms with Crippen LogP contribution in [-0.2, 0) is 14.3 Å². The molecule has 0 spiro atoms. The predicted octanol–water partition coefficient (Wildman–Crippen LogP) is 1.85. The summed E-state index contributed by atoms with van der Waals surface area (Å²) in [5.74, 6) is 1.97. The van der Waals surface area contributed by atoms with Gasteiger partial charge in [0.25, 0.3) is 0 Å². The molecule has 0 saturated carbocycles. The molecule has 3 nitrogen and oxygen atoms in total. The molecule has 16 heavy (non-hydrogen) atoms. The molecular weight excluding hydrogens is 244 g/mol. The van der Waals surface area contributed by atoms with E-state index in [4.69, 9.17) is 4.74 Å². The molecule has 0 N–H and O–H groups in total. The van der Waals surface area contributed by atoms with Gasteiger partial charge >= 0.3 is 5.97 Å². The van der Waals surface area contributed by atoms with Crippen LogP contribution in [0.2, 0.25) is 0 Å². The summed E-state index contributed by atoms with van der Waals surface area (Å²) < 4.78 is 4.71. The van der Waals surface area contributed by atoms with Gasteiger partial charge < -0.3 is 4.74 Å². The maximum Gasteiger partial charge on any atom is 0.316 e. The molecule has 0 aromatic rings. The zero-order valence-electron chi connectivity index (χ0n) is 9.89. The first-order valence-electron chi connectivity index (χ1n) is 5.38. The van der Waals surface area contributed by atoms with Crippen molar-refractivity contribution in [3.63, 3.8) is 0 Å². The summed E-state index contributed by atoms with van der Waals surface area (Å²) in [6.07, 6.45) is 0. The second kappa shape index (κ2) is 6.55. The number of hydrogen-bond donors (Lipinski definition) is 0. The fourth-order valence-electron chi connectivity index (χ4n) is 1.70. The monoisotopic (exact) mass is 262 g/mol. The van der Waals surface area contributed by atoms with Crippen LogP contribution < -0.4 is 0 Å². The summed E-state index contributed by atoms with van der Waals surface area (Å²) in [5, 5.41) is -0.0368. The van der Waals surface area contributed by atoms with Gasteiger partial charge in [0.1, 0.15) is 5.92 Å². The second-order valence-electron chi connectivity index (χ2n) is 4.08. The van der Waals surface area contributed by atoms with Crippen molar-refractivity contribution in [2.75, 3.05) is 24.4 Å². The molecule has 1 saturated heterocycles. The van der Waals surface area contributed by atoms with Crippen LogP contribution in [0.1, 0.15) is 13.8 Å². The topological polar surface area (TPSA) is 43.4 Å². The van der Waals surface area contributed by atoms with Crippen LogP contribution in [0.3, 0.4) is 0 Å². The SMILES string of the molecule is COC(=O)C(C(=O)C1CSCCS1)C(C)C.